The molecule has 0 spiro atoms. The van der Waals surface area contributed by atoms with Crippen LogP contribution in [0.5, 0.6) is 5.75 Å². The van der Waals surface area contributed by atoms with E-state index in [0.717, 1.165) is 44.0 Å². The van der Waals surface area contributed by atoms with Crippen LogP contribution in [0.4, 0.5) is 0 Å². The predicted molar refractivity (Wildman–Crippen MR) is 123 cm³/mol. The van der Waals surface area contributed by atoms with Crippen molar-refractivity contribution in [1.29, 1.82) is 0 Å². The molecule has 1 fully saturated rings. The molecule has 0 atom stereocenters. The van der Waals surface area contributed by atoms with E-state index in [4.69, 9.17) is 4.74 Å². The SMILES string of the molecule is Cc1ccc(CN2CCN(/N=C/c3ccc(OCc4ccccc4)cc3)CC2)cc1. The lowest BCUT2D eigenvalue weighted by Gasteiger charge is -2.33. The zero-order valence-electron chi connectivity index (χ0n) is 17.6. The van der Waals surface area contributed by atoms with Crippen molar-refractivity contribution in [2.45, 2.75) is 20.1 Å². The Kier molecular flexibility index (Phi) is 6.78. The van der Waals surface area contributed by atoms with Gasteiger partial charge in [-0.1, -0.05) is 60.2 Å². The van der Waals surface area contributed by atoms with Crippen LogP contribution in [0.2, 0.25) is 0 Å². The van der Waals surface area contributed by atoms with Crippen molar-refractivity contribution in [3.63, 3.8) is 0 Å². The molecule has 1 saturated heterocycles. The second-order valence-corrected chi connectivity index (χ2v) is 7.80. The minimum atomic E-state index is 0.584. The zero-order valence-corrected chi connectivity index (χ0v) is 17.6. The molecule has 0 radical (unpaired) electrons. The summed E-state index contributed by atoms with van der Waals surface area (Å²) in [5, 5.41) is 6.83. The molecule has 4 rings (SSSR count). The van der Waals surface area contributed by atoms with Crippen LogP contribution in [0.1, 0.15) is 22.3 Å². The van der Waals surface area contributed by atoms with E-state index in [9.17, 15) is 0 Å². The average Bonchev–Trinajstić information content (AvgIpc) is 2.80. The molecular weight excluding hydrogens is 370 g/mol. The Balaban J connectivity index is 1.22. The van der Waals surface area contributed by atoms with Crippen LogP contribution in [0.3, 0.4) is 0 Å². The molecule has 154 valence electrons. The number of benzene rings is 3. The molecule has 3 aromatic carbocycles. The molecule has 1 aliphatic heterocycles. The Morgan fingerprint density at radius 2 is 1.50 bits per heavy atom. The number of hydrazone groups is 1. The summed E-state index contributed by atoms with van der Waals surface area (Å²) in [6, 6.07) is 27.2. The number of aryl methyl sites for hydroxylation is 1. The summed E-state index contributed by atoms with van der Waals surface area (Å²) in [7, 11) is 0. The smallest absolute Gasteiger partial charge is 0.119 e. The minimum absolute atomic E-state index is 0.584. The topological polar surface area (TPSA) is 28.1 Å². The van der Waals surface area contributed by atoms with Crippen molar-refractivity contribution in [1.82, 2.24) is 9.91 Å². The molecule has 0 unspecified atom stereocenters. The molecule has 4 nitrogen and oxygen atoms in total. The fourth-order valence-corrected chi connectivity index (χ4v) is 3.50. The highest BCUT2D eigenvalue weighted by molar-refractivity contribution is 5.79. The van der Waals surface area contributed by atoms with Gasteiger partial charge in [-0.2, -0.15) is 5.10 Å². The average molecular weight is 400 g/mol. The van der Waals surface area contributed by atoms with Gasteiger partial charge in [-0.3, -0.25) is 9.91 Å². The van der Waals surface area contributed by atoms with Gasteiger partial charge < -0.3 is 4.74 Å². The van der Waals surface area contributed by atoms with Crippen molar-refractivity contribution >= 4 is 6.21 Å². The second-order valence-electron chi connectivity index (χ2n) is 7.80. The monoisotopic (exact) mass is 399 g/mol. The van der Waals surface area contributed by atoms with Crippen LogP contribution < -0.4 is 4.74 Å². The Labute approximate surface area is 179 Å². The van der Waals surface area contributed by atoms with E-state index in [1.54, 1.807) is 0 Å². The van der Waals surface area contributed by atoms with Crippen molar-refractivity contribution < 1.29 is 4.74 Å². The largest absolute Gasteiger partial charge is 0.489 e. The molecular formula is C26H29N3O. The molecule has 4 heteroatoms. The van der Waals surface area contributed by atoms with Crippen LogP contribution in [0, 0.1) is 6.92 Å². The van der Waals surface area contributed by atoms with E-state index in [-0.39, 0.29) is 0 Å². The lowest BCUT2D eigenvalue weighted by atomic mass is 10.1. The highest BCUT2D eigenvalue weighted by atomic mass is 16.5. The summed E-state index contributed by atoms with van der Waals surface area (Å²) < 4.78 is 5.85. The van der Waals surface area contributed by atoms with E-state index in [0.29, 0.717) is 6.61 Å². The lowest BCUT2D eigenvalue weighted by Crippen LogP contribution is -2.43. The van der Waals surface area contributed by atoms with E-state index in [1.165, 1.54) is 16.7 Å². The van der Waals surface area contributed by atoms with Crippen molar-refractivity contribution in [2.24, 2.45) is 5.10 Å². The van der Waals surface area contributed by atoms with Crippen LogP contribution in [-0.4, -0.2) is 42.3 Å². The number of ether oxygens (including phenoxy) is 1. The maximum Gasteiger partial charge on any atom is 0.119 e. The van der Waals surface area contributed by atoms with E-state index in [1.807, 2.05) is 36.5 Å². The molecule has 0 amide bonds. The Hall–Kier alpha value is -3.11. The van der Waals surface area contributed by atoms with Crippen molar-refractivity contribution in [2.75, 3.05) is 26.2 Å². The first kappa shape index (κ1) is 20.2. The molecule has 0 saturated carbocycles. The molecule has 0 aromatic heterocycles. The first-order valence-corrected chi connectivity index (χ1v) is 10.6. The summed E-state index contributed by atoms with van der Waals surface area (Å²) in [5.74, 6) is 0.876. The molecule has 3 aromatic rings. The summed E-state index contributed by atoms with van der Waals surface area (Å²) in [6.45, 7) is 7.73. The third-order valence-corrected chi connectivity index (χ3v) is 5.37. The maximum absolute atomic E-state index is 5.85. The summed E-state index contributed by atoms with van der Waals surface area (Å²) in [6.07, 6.45) is 1.94. The van der Waals surface area contributed by atoms with Gasteiger partial charge in [0.2, 0.25) is 0 Å². The summed E-state index contributed by atoms with van der Waals surface area (Å²) >= 11 is 0. The van der Waals surface area contributed by atoms with E-state index < -0.39 is 0 Å². The number of rotatable bonds is 7. The number of hydrogen-bond donors (Lipinski definition) is 0. The third-order valence-electron chi connectivity index (χ3n) is 5.37. The molecule has 1 aliphatic rings. The molecule has 1 heterocycles. The van der Waals surface area contributed by atoms with Gasteiger partial charge in [0.05, 0.1) is 6.21 Å². The predicted octanol–water partition coefficient (Wildman–Crippen LogP) is 4.73. The highest BCUT2D eigenvalue weighted by Crippen LogP contribution is 2.14. The van der Waals surface area contributed by atoms with Crippen LogP contribution in [-0.2, 0) is 13.2 Å². The van der Waals surface area contributed by atoms with Gasteiger partial charge in [-0.15, -0.1) is 0 Å². The van der Waals surface area contributed by atoms with Gasteiger partial charge >= 0.3 is 0 Å². The summed E-state index contributed by atoms with van der Waals surface area (Å²) in [4.78, 5) is 2.50. The molecule has 0 N–H and O–H groups in total. The van der Waals surface area contributed by atoms with Gasteiger partial charge in [-0.05, 0) is 47.9 Å². The first-order valence-electron chi connectivity index (χ1n) is 10.6. The highest BCUT2D eigenvalue weighted by Gasteiger charge is 2.15. The Morgan fingerprint density at radius 1 is 0.800 bits per heavy atom. The van der Waals surface area contributed by atoms with Crippen molar-refractivity contribution in [3.05, 3.63) is 101 Å². The van der Waals surface area contributed by atoms with E-state index in [2.05, 4.69) is 70.5 Å². The lowest BCUT2D eigenvalue weighted by molar-refractivity contribution is 0.131. The van der Waals surface area contributed by atoms with Crippen LogP contribution in [0.25, 0.3) is 0 Å². The number of piperazine rings is 1. The Morgan fingerprint density at radius 3 is 2.20 bits per heavy atom. The van der Waals surface area contributed by atoms with Crippen LogP contribution >= 0.6 is 0 Å². The Bertz CT molecular complexity index is 928. The molecule has 30 heavy (non-hydrogen) atoms. The van der Waals surface area contributed by atoms with E-state index >= 15 is 0 Å². The fraction of sp³-hybridized carbons (Fsp3) is 0.269. The first-order chi connectivity index (χ1) is 14.7. The number of hydrogen-bond acceptors (Lipinski definition) is 4. The second kappa shape index (κ2) is 10.1. The van der Waals surface area contributed by atoms with Gasteiger partial charge in [0.25, 0.3) is 0 Å². The summed E-state index contributed by atoms with van der Waals surface area (Å²) in [5.41, 5.74) is 4.95. The van der Waals surface area contributed by atoms with Gasteiger partial charge in [0.1, 0.15) is 12.4 Å². The normalized spacial score (nSPS) is 14.9. The zero-order chi connectivity index (χ0) is 20.6. The van der Waals surface area contributed by atoms with Gasteiger partial charge in [0.15, 0.2) is 0 Å². The fourth-order valence-electron chi connectivity index (χ4n) is 3.50. The molecule has 0 aliphatic carbocycles. The standard InChI is InChI=1S/C26H29N3O/c1-22-7-9-24(10-8-22)20-28-15-17-29(18-16-28)27-19-23-11-13-26(14-12-23)30-21-25-5-3-2-4-6-25/h2-14,19H,15-18,20-21H2,1H3/b27-19+. The number of nitrogens with zero attached hydrogens (tertiary/aromatic N) is 3. The third kappa shape index (κ3) is 5.94. The van der Waals surface area contributed by atoms with Gasteiger partial charge in [-0.25, -0.2) is 0 Å². The van der Waals surface area contributed by atoms with Gasteiger partial charge in [0, 0.05) is 32.7 Å². The van der Waals surface area contributed by atoms with Crippen molar-refractivity contribution in [3.8, 4) is 5.75 Å². The quantitative estimate of drug-likeness (QED) is 0.538. The van der Waals surface area contributed by atoms with Crippen LogP contribution in [0.15, 0.2) is 84.0 Å². The maximum atomic E-state index is 5.85. The minimum Gasteiger partial charge on any atom is -0.489 e. The molecule has 0 bridgehead atoms.